The number of esters is 1. The zero-order chi connectivity index (χ0) is 18.8. The summed E-state index contributed by atoms with van der Waals surface area (Å²) in [6.45, 7) is 3.54. The first-order valence-corrected chi connectivity index (χ1v) is 8.22. The Balaban J connectivity index is 2.95. The molecule has 0 saturated heterocycles. The summed E-state index contributed by atoms with van der Waals surface area (Å²) in [7, 11) is 1.20. The number of benzene rings is 1. The highest BCUT2D eigenvalue weighted by molar-refractivity contribution is 6.06. The smallest absolute Gasteiger partial charge is 0.328 e. The molecule has 7 heteroatoms. The fraction of sp³-hybridized carbons (Fsp3) is 0.444. The lowest BCUT2D eigenvalue weighted by Gasteiger charge is -2.17. The number of methoxy groups -OCH3 is 1. The first-order valence-electron chi connectivity index (χ1n) is 8.22. The van der Waals surface area contributed by atoms with Crippen molar-refractivity contribution >= 4 is 29.3 Å². The summed E-state index contributed by atoms with van der Waals surface area (Å²) in [6, 6.07) is 5.48. The van der Waals surface area contributed by atoms with Crippen LogP contribution in [0.5, 0.6) is 0 Å². The first-order chi connectivity index (χ1) is 11.9. The Hall–Kier alpha value is -2.70. The molecule has 0 heterocycles. The van der Waals surface area contributed by atoms with E-state index in [1.54, 1.807) is 31.2 Å². The van der Waals surface area contributed by atoms with Crippen molar-refractivity contribution < 1.29 is 23.9 Å². The second kappa shape index (κ2) is 10.2. The van der Waals surface area contributed by atoms with Crippen molar-refractivity contribution in [3.05, 3.63) is 29.8 Å². The number of ketones is 1. The summed E-state index contributed by atoms with van der Waals surface area (Å²) >= 11 is 0. The molecule has 136 valence electrons. The van der Waals surface area contributed by atoms with Gasteiger partial charge in [0.15, 0.2) is 5.78 Å². The quantitative estimate of drug-likeness (QED) is 0.525. The van der Waals surface area contributed by atoms with Gasteiger partial charge in [0.1, 0.15) is 6.04 Å². The minimum Gasteiger partial charge on any atom is -0.467 e. The monoisotopic (exact) mass is 348 g/mol. The lowest BCUT2D eigenvalue weighted by Crippen LogP contribution is -2.42. The van der Waals surface area contributed by atoms with Gasteiger partial charge >= 0.3 is 5.97 Å². The van der Waals surface area contributed by atoms with E-state index in [0.717, 1.165) is 0 Å². The Morgan fingerprint density at radius 1 is 1.08 bits per heavy atom. The van der Waals surface area contributed by atoms with Gasteiger partial charge in [0.25, 0.3) is 0 Å². The molecule has 1 atom stereocenters. The summed E-state index contributed by atoms with van der Waals surface area (Å²) in [5.74, 6) is -1.61. The van der Waals surface area contributed by atoms with Gasteiger partial charge in [-0.05, 0) is 18.6 Å². The summed E-state index contributed by atoms with van der Waals surface area (Å²) in [5, 5.41) is 5.17. The number of Topliss-reactive ketones (excluding diaryl/α,β-unsaturated/α-hetero) is 1. The van der Waals surface area contributed by atoms with Gasteiger partial charge < -0.3 is 15.4 Å². The average molecular weight is 348 g/mol. The van der Waals surface area contributed by atoms with Gasteiger partial charge in [0.05, 0.1) is 12.8 Å². The third kappa shape index (κ3) is 6.37. The molecule has 25 heavy (non-hydrogen) atoms. The molecule has 1 aromatic carbocycles. The number of carbonyl (C=O) groups excluding carboxylic acids is 4. The topological polar surface area (TPSA) is 102 Å². The van der Waals surface area contributed by atoms with Crippen molar-refractivity contribution in [2.45, 2.75) is 45.6 Å². The molecule has 7 nitrogen and oxygen atoms in total. The Labute approximate surface area is 147 Å². The van der Waals surface area contributed by atoms with Gasteiger partial charge in [-0.1, -0.05) is 26.0 Å². The standard InChI is InChI=1S/C18H24N2O5/c1-4-8-17(23)20-14(18(24)25-3)11-15(21)12-9-6-7-10-13(12)19-16(22)5-2/h6-7,9-10,14H,4-5,8,11H2,1-3H3,(H,19,22)(H,20,23). The Morgan fingerprint density at radius 3 is 2.36 bits per heavy atom. The maximum absolute atomic E-state index is 12.6. The number of hydrogen-bond donors (Lipinski definition) is 2. The van der Waals surface area contributed by atoms with E-state index in [-0.39, 0.29) is 42.4 Å². The van der Waals surface area contributed by atoms with E-state index in [4.69, 9.17) is 0 Å². The van der Waals surface area contributed by atoms with Crippen molar-refractivity contribution in [3.63, 3.8) is 0 Å². The fourth-order valence-electron chi connectivity index (χ4n) is 2.20. The van der Waals surface area contributed by atoms with Gasteiger partial charge in [0, 0.05) is 24.8 Å². The van der Waals surface area contributed by atoms with E-state index in [1.807, 2.05) is 6.92 Å². The van der Waals surface area contributed by atoms with Crippen LogP contribution in [-0.2, 0) is 19.1 Å². The molecule has 0 radical (unpaired) electrons. The van der Waals surface area contributed by atoms with Crippen molar-refractivity contribution in [1.29, 1.82) is 0 Å². The van der Waals surface area contributed by atoms with Gasteiger partial charge in [-0.15, -0.1) is 0 Å². The van der Waals surface area contributed by atoms with E-state index >= 15 is 0 Å². The van der Waals surface area contributed by atoms with E-state index in [0.29, 0.717) is 12.1 Å². The molecule has 0 spiro atoms. The highest BCUT2D eigenvalue weighted by Crippen LogP contribution is 2.18. The second-order valence-corrected chi connectivity index (χ2v) is 5.47. The summed E-state index contributed by atoms with van der Waals surface area (Å²) in [5.41, 5.74) is 0.658. The van der Waals surface area contributed by atoms with Crippen molar-refractivity contribution in [2.75, 3.05) is 12.4 Å². The Morgan fingerprint density at radius 2 is 1.76 bits per heavy atom. The van der Waals surface area contributed by atoms with Crippen LogP contribution in [0.4, 0.5) is 5.69 Å². The average Bonchev–Trinajstić information content (AvgIpc) is 2.60. The molecule has 0 aliphatic rings. The highest BCUT2D eigenvalue weighted by atomic mass is 16.5. The van der Waals surface area contributed by atoms with E-state index < -0.39 is 12.0 Å². The lowest BCUT2D eigenvalue weighted by atomic mass is 10.0. The van der Waals surface area contributed by atoms with Crippen LogP contribution in [-0.4, -0.2) is 36.7 Å². The molecule has 0 fully saturated rings. The van der Waals surface area contributed by atoms with Crippen molar-refractivity contribution in [1.82, 2.24) is 5.32 Å². The molecule has 2 amide bonds. The van der Waals surface area contributed by atoms with Gasteiger partial charge in [0.2, 0.25) is 11.8 Å². The zero-order valence-electron chi connectivity index (χ0n) is 14.8. The maximum atomic E-state index is 12.6. The molecule has 1 unspecified atom stereocenters. The summed E-state index contributed by atoms with van der Waals surface area (Å²) in [4.78, 5) is 47.8. The number of carbonyl (C=O) groups is 4. The first kappa shape index (κ1) is 20.3. The predicted molar refractivity (Wildman–Crippen MR) is 93.2 cm³/mol. The Kier molecular flexibility index (Phi) is 8.32. The lowest BCUT2D eigenvalue weighted by molar-refractivity contribution is -0.145. The third-order valence-electron chi connectivity index (χ3n) is 3.51. The van der Waals surface area contributed by atoms with Crippen molar-refractivity contribution in [2.24, 2.45) is 0 Å². The van der Waals surface area contributed by atoms with Crippen LogP contribution in [0, 0.1) is 0 Å². The second-order valence-electron chi connectivity index (χ2n) is 5.47. The zero-order valence-corrected chi connectivity index (χ0v) is 14.8. The molecule has 1 aromatic rings. The van der Waals surface area contributed by atoms with Crippen LogP contribution < -0.4 is 10.6 Å². The van der Waals surface area contributed by atoms with E-state index in [2.05, 4.69) is 15.4 Å². The van der Waals surface area contributed by atoms with Crippen molar-refractivity contribution in [3.8, 4) is 0 Å². The minimum atomic E-state index is -1.06. The molecule has 0 saturated carbocycles. The van der Waals surface area contributed by atoms with Crippen LogP contribution in [0.3, 0.4) is 0 Å². The molecular formula is C18H24N2O5. The highest BCUT2D eigenvalue weighted by Gasteiger charge is 2.26. The Bertz CT molecular complexity index is 642. The number of hydrogen-bond acceptors (Lipinski definition) is 5. The number of amides is 2. The molecule has 1 rings (SSSR count). The number of para-hydroxylation sites is 1. The van der Waals surface area contributed by atoms with E-state index in [1.165, 1.54) is 7.11 Å². The minimum absolute atomic E-state index is 0.221. The third-order valence-corrected chi connectivity index (χ3v) is 3.51. The van der Waals surface area contributed by atoms with E-state index in [9.17, 15) is 19.2 Å². The molecule has 0 aliphatic heterocycles. The number of ether oxygens (including phenoxy) is 1. The van der Waals surface area contributed by atoms with Gasteiger partial charge in [-0.3, -0.25) is 14.4 Å². The normalized spacial score (nSPS) is 11.3. The fourth-order valence-corrected chi connectivity index (χ4v) is 2.20. The summed E-state index contributed by atoms with van der Waals surface area (Å²) in [6.07, 6.45) is 0.909. The molecular weight excluding hydrogens is 324 g/mol. The maximum Gasteiger partial charge on any atom is 0.328 e. The van der Waals surface area contributed by atoms with Crippen LogP contribution in [0.1, 0.15) is 49.9 Å². The van der Waals surface area contributed by atoms with Crippen LogP contribution in [0.2, 0.25) is 0 Å². The molecule has 0 bridgehead atoms. The molecule has 2 N–H and O–H groups in total. The van der Waals surface area contributed by atoms with Crippen LogP contribution >= 0.6 is 0 Å². The number of rotatable bonds is 9. The predicted octanol–water partition coefficient (Wildman–Crippen LogP) is 2.07. The summed E-state index contributed by atoms with van der Waals surface area (Å²) < 4.78 is 4.66. The SMILES string of the molecule is CCCC(=O)NC(CC(=O)c1ccccc1NC(=O)CC)C(=O)OC. The molecule has 0 aliphatic carbocycles. The number of nitrogens with one attached hydrogen (secondary N) is 2. The van der Waals surface area contributed by atoms with Crippen LogP contribution in [0.25, 0.3) is 0 Å². The molecule has 0 aromatic heterocycles. The van der Waals surface area contributed by atoms with Crippen LogP contribution in [0.15, 0.2) is 24.3 Å². The number of anilines is 1. The van der Waals surface area contributed by atoms with Gasteiger partial charge in [-0.25, -0.2) is 4.79 Å². The van der Waals surface area contributed by atoms with Gasteiger partial charge in [-0.2, -0.15) is 0 Å². The largest absolute Gasteiger partial charge is 0.467 e.